The second-order valence-corrected chi connectivity index (χ2v) is 10.2. The largest absolute Gasteiger partial charge is 0.481 e. The Morgan fingerprint density at radius 1 is 1.23 bits per heavy atom. The van der Waals surface area contributed by atoms with E-state index in [-0.39, 0.29) is 36.5 Å². The Morgan fingerprint density at radius 3 is 2.57 bits per heavy atom. The van der Waals surface area contributed by atoms with Gasteiger partial charge in [0.1, 0.15) is 17.8 Å². The maximum Gasteiger partial charge on any atom is 0.305 e. The monoisotopic (exact) mass is 493 g/mol. The van der Waals surface area contributed by atoms with Crippen molar-refractivity contribution in [3.63, 3.8) is 0 Å². The zero-order chi connectivity index (χ0) is 25.8. The van der Waals surface area contributed by atoms with Crippen molar-refractivity contribution < 1.29 is 39.1 Å². The normalized spacial score (nSPS) is 38.7. The van der Waals surface area contributed by atoms with Crippen LogP contribution in [0.5, 0.6) is 0 Å². The van der Waals surface area contributed by atoms with Crippen LogP contribution in [-0.2, 0) is 23.8 Å². The first-order chi connectivity index (χ1) is 16.5. The third-order valence-corrected chi connectivity index (χ3v) is 6.98. The summed E-state index contributed by atoms with van der Waals surface area (Å²) in [7, 11) is 0. The fourth-order valence-corrected chi connectivity index (χ4v) is 4.78. The molecule has 0 aromatic carbocycles. The number of aliphatic carboxylic acids is 1. The Hall–Kier alpha value is -2.04. The summed E-state index contributed by atoms with van der Waals surface area (Å²) in [6, 6.07) is -0.0991. The van der Waals surface area contributed by atoms with Crippen LogP contribution in [0.3, 0.4) is 0 Å². The highest BCUT2D eigenvalue weighted by Crippen LogP contribution is 2.43. The summed E-state index contributed by atoms with van der Waals surface area (Å²) >= 11 is 0. The number of nitrogens with one attached hydrogen (secondary N) is 1. The molecule has 3 aliphatic rings. The molecule has 0 aromatic rings. The topological polar surface area (TPSA) is 138 Å². The molecule has 3 aliphatic heterocycles. The molecular formula is C26H39NO8. The standard InChI is InChI=1S/C26H39NO8/c1-15(6-9-22-25(32)26(14-33-26)13-19(35-22)12-24(30)31)5-8-21-16(2)11-20(18(4)34-21)27-23(29)10-7-17(3)28/h5-7,9-10,16-22,25,28,32H,8,11-14H2,1-4H3,(H,27,29)(H,30,31)/b9-6+,10-7-,15-5+/t16-,17-,18+,19-,20+,21-,22+,25?,26+/m0/s1. The van der Waals surface area contributed by atoms with E-state index in [2.05, 4.69) is 18.3 Å². The fraction of sp³-hybridized carbons (Fsp3) is 0.692. The van der Waals surface area contributed by atoms with Gasteiger partial charge in [-0.05, 0) is 39.5 Å². The third kappa shape index (κ3) is 7.72. The van der Waals surface area contributed by atoms with E-state index < -0.39 is 36.0 Å². The van der Waals surface area contributed by atoms with E-state index in [1.54, 1.807) is 13.0 Å². The number of carboxylic acid groups (broad SMARTS) is 1. The number of carbonyl (C=O) groups is 2. The molecule has 0 aliphatic carbocycles. The highest BCUT2D eigenvalue weighted by molar-refractivity contribution is 5.87. The van der Waals surface area contributed by atoms with E-state index in [4.69, 9.17) is 19.3 Å². The van der Waals surface area contributed by atoms with Crippen molar-refractivity contribution in [3.05, 3.63) is 36.0 Å². The number of ether oxygens (including phenoxy) is 3. The molecule has 4 N–H and O–H groups in total. The van der Waals surface area contributed by atoms with Gasteiger partial charge in [0.05, 0.1) is 43.5 Å². The van der Waals surface area contributed by atoms with Gasteiger partial charge in [0.2, 0.25) is 5.91 Å². The number of carbonyl (C=O) groups excluding carboxylic acids is 1. The summed E-state index contributed by atoms with van der Waals surface area (Å²) in [6.45, 7) is 8.01. The van der Waals surface area contributed by atoms with Crippen molar-refractivity contribution in [3.8, 4) is 0 Å². The van der Waals surface area contributed by atoms with Crippen LogP contribution in [0.4, 0.5) is 0 Å². The second-order valence-electron chi connectivity index (χ2n) is 10.2. The number of epoxide rings is 1. The van der Waals surface area contributed by atoms with Gasteiger partial charge in [-0.2, -0.15) is 0 Å². The van der Waals surface area contributed by atoms with Gasteiger partial charge >= 0.3 is 5.97 Å². The average molecular weight is 494 g/mol. The lowest BCUT2D eigenvalue weighted by Gasteiger charge is -2.39. The molecule has 1 unspecified atom stereocenters. The van der Waals surface area contributed by atoms with Crippen LogP contribution in [0.2, 0.25) is 0 Å². The van der Waals surface area contributed by atoms with Gasteiger partial charge in [0.25, 0.3) is 0 Å². The number of amides is 1. The highest BCUT2D eigenvalue weighted by Gasteiger charge is 2.58. The summed E-state index contributed by atoms with van der Waals surface area (Å²) in [5, 5.41) is 32.0. The number of allylic oxidation sites excluding steroid dienone is 2. The molecule has 1 amide bonds. The van der Waals surface area contributed by atoms with Crippen molar-refractivity contribution >= 4 is 11.9 Å². The van der Waals surface area contributed by atoms with Gasteiger partial charge in [0.15, 0.2) is 0 Å². The Bertz CT molecular complexity index is 846. The minimum Gasteiger partial charge on any atom is -0.481 e. The minimum absolute atomic E-state index is 0.00843. The minimum atomic E-state index is -0.935. The van der Waals surface area contributed by atoms with Gasteiger partial charge < -0.3 is 34.8 Å². The fourth-order valence-electron chi connectivity index (χ4n) is 4.78. The van der Waals surface area contributed by atoms with E-state index in [0.29, 0.717) is 19.4 Å². The van der Waals surface area contributed by atoms with Gasteiger partial charge in [-0.25, -0.2) is 0 Å². The van der Waals surface area contributed by atoms with Crippen LogP contribution >= 0.6 is 0 Å². The Kier molecular flexibility index (Phi) is 9.28. The van der Waals surface area contributed by atoms with Crippen LogP contribution in [0, 0.1) is 5.92 Å². The molecule has 0 saturated carbocycles. The van der Waals surface area contributed by atoms with Crippen molar-refractivity contribution in [2.45, 2.75) is 102 Å². The lowest BCUT2D eigenvalue weighted by atomic mass is 9.87. The van der Waals surface area contributed by atoms with Crippen molar-refractivity contribution in [1.29, 1.82) is 0 Å². The van der Waals surface area contributed by atoms with Gasteiger partial charge in [0, 0.05) is 12.5 Å². The van der Waals surface area contributed by atoms with Crippen LogP contribution in [-0.4, -0.2) is 82.1 Å². The van der Waals surface area contributed by atoms with Gasteiger partial charge in [-0.15, -0.1) is 0 Å². The lowest BCUT2D eigenvalue weighted by Crippen LogP contribution is -2.50. The molecule has 0 radical (unpaired) electrons. The molecule has 1 spiro atoms. The van der Waals surface area contributed by atoms with E-state index in [0.717, 1.165) is 12.0 Å². The lowest BCUT2D eigenvalue weighted by molar-refractivity contribution is -0.155. The van der Waals surface area contributed by atoms with Crippen molar-refractivity contribution in [2.24, 2.45) is 5.92 Å². The van der Waals surface area contributed by atoms with Crippen LogP contribution in [0.1, 0.15) is 53.4 Å². The smallest absolute Gasteiger partial charge is 0.305 e. The molecule has 0 aromatic heterocycles. The number of aliphatic hydroxyl groups excluding tert-OH is 2. The average Bonchev–Trinajstić information content (AvgIpc) is 3.54. The third-order valence-electron chi connectivity index (χ3n) is 6.98. The zero-order valence-corrected chi connectivity index (χ0v) is 20.9. The van der Waals surface area contributed by atoms with E-state index in [1.807, 2.05) is 19.9 Å². The van der Waals surface area contributed by atoms with Gasteiger partial charge in [-0.1, -0.05) is 36.8 Å². The maximum atomic E-state index is 12.1. The van der Waals surface area contributed by atoms with E-state index in [1.165, 1.54) is 12.2 Å². The molecule has 3 fully saturated rings. The number of aliphatic hydroxyl groups is 2. The van der Waals surface area contributed by atoms with Gasteiger partial charge in [-0.3, -0.25) is 9.59 Å². The molecule has 9 nitrogen and oxygen atoms in total. The first-order valence-corrected chi connectivity index (χ1v) is 12.4. The van der Waals surface area contributed by atoms with Crippen LogP contribution < -0.4 is 5.32 Å². The first-order valence-electron chi connectivity index (χ1n) is 12.4. The molecule has 9 heteroatoms. The molecule has 3 rings (SSSR count). The van der Waals surface area contributed by atoms with E-state index in [9.17, 15) is 19.8 Å². The summed E-state index contributed by atoms with van der Waals surface area (Å²) in [5.41, 5.74) is 0.291. The molecule has 9 atom stereocenters. The molecule has 3 heterocycles. The van der Waals surface area contributed by atoms with Crippen molar-refractivity contribution in [2.75, 3.05) is 6.61 Å². The Labute approximate surface area is 206 Å². The molecule has 0 bridgehead atoms. The summed E-state index contributed by atoms with van der Waals surface area (Å²) in [6.07, 6.45) is 7.50. The second kappa shape index (κ2) is 11.8. The van der Waals surface area contributed by atoms with Crippen molar-refractivity contribution in [1.82, 2.24) is 5.32 Å². The number of hydrogen-bond acceptors (Lipinski definition) is 7. The highest BCUT2D eigenvalue weighted by atomic mass is 16.6. The van der Waals surface area contributed by atoms with E-state index >= 15 is 0 Å². The number of hydrogen-bond donors (Lipinski definition) is 4. The summed E-state index contributed by atoms with van der Waals surface area (Å²) in [5.74, 6) is -0.943. The predicted octanol–water partition coefficient (Wildman–Crippen LogP) is 1.88. The zero-order valence-electron chi connectivity index (χ0n) is 20.9. The SMILES string of the molecule is CC(/C=C/[C@H]1O[C@@H](CC(=O)O)C[C@@]2(CO2)C1O)=C\C[C@@H]1O[C@H](C)[C@H](NC(=O)/C=C\[C@H](C)O)C[C@@H]1C. The molecule has 196 valence electrons. The predicted molar refractivity (Wildman–Crippen MR) is 129 cm³/mol. The molecular weight excluding hydrogens is 454 g/mol. The summed E-state index contributed by atoms with van der Waals surface area (Å²) < 4.78 is 17.5. The summed E-state index contributed by atoms with van der Waals surface area (Å²) in [4.78, 5) is 23.2. The number of carboxylic acids is 1. The Balaban J connectivity index is 1.52. The Morgan fingerprint density at radius 2 is 1.94 bits per heavy atom. The maximum absolute atomic E-state index is 12.1. The molecule has 35 heavy (non-hydrogen) atoms. The molecule has 3 saturated heterocycles. The quantitative estimate of drug-likeness (QED) is 0.217. The first kappa shape index (κ1) is 27.5. The van der Waals surface area contributed by atoms with Crippen LogP contribution in [0.15, 0.2) is 36.0 Å². The van der Waals surface area contributed by atoms with Crippen LogP contribution in [0.25, 0.3) is 0 Å². The number of rotatable bonds is 9.